The first-order chi connectivity index (χ1) is 13.3. The second-order valence-electron chi connectivity index (χ2n) is 6.99. The van der Waals surface area contributed by atoms with Crippen molar-refractivity contribution in [3.05, 3.63) is 65.7 Å². The largest absolute Gasteiger partial charge is 0.378 e. The molecule has 0 saturated carbocycles. The number of hydrogen-bond donors (Lipinski definition) is 0. The highest BCUT2D eigenvalue weighted by Gasteiger charge is 2.13. The molecule has 142 valence electrons. The standard InChI is InChI=1S/C23H28N2O2/c1-2-23(19-3-7-21(8-4-19)24-11-15-26-16-12-24)20-5-9-22(10-6-20)25-13-17-27-18-14-25/h2-10H,11-18H2,1H3. The molecule has 0 aromatic heterocycles. The second-order valence-corrected chi connectivity index (χ2v) is 6.99. The molecular formula is C23H28N2O2. The maximum absolute atomic E-state index is 5.45. The lowest BCUT2D eigenvalue weighted by atomic mass is 9.97. The first-order valence-corrected chi connectivity index (χ1v) is 9.88. The third-order valence-corrected chi connectivity index (χ3v) is 5.40. The van der Waals surface area contributed by atoms with Crippen LogP contribution < -0.4 is 9.80 Å². The van der Waals surface area contributed by atoms with Crippen LogP contribution in [-0.2, 0) is 9.47 Å². The highest BCUT2D eigenvalue weighted by atomic mass is 16.5. The van der Waals surface area contributed by atoms with Gasteiger partial charge in [-0.1, -0.05) is 30.3 Å². The third-order valence-electron chi connectivity index (χ3n) is 5.40. The molecule has 2 aliphatic rings. The van der Waals surface area contributed by atoms with E-state index in [1.165, 1.54) is 28.1 Å². The number of anilines is 2. The highest BCUT2D eigenvalue weighted by Crippen LogP contribution is 2.28. The topological polar surface area (TPSA) is 24.9 Å². The number of allylic oxidation sites excluding steroid dienone is 1. The molecule has 2 fully saturated rings. The molecule has 0 amide bonds. The summed E-state index contributed by atoms with van der Waals surface area (Å²) in [5.41, 5.74) is 6.35. The molecule has 2 saturated heterocycles. The number of rotatable bonds is 4. The molecule has 2 heterocycles. The van der Waals surface area contributed by atoms with Crippen molar-refractivity contribution >= 4 is 16.9 Å². The Labute approximate surface area is 162 Å². The fraction of sp³-hybridized carbons (Fsp3) is 0.391. The lowest BCUT2D eigenvalue weighted by molar-refractivity contribution is 0.122. The van der Waals surface area contributed by atoms with E-state index >= 15 is 0 Å². The van der Waals surface area contributed by atoms with E-state index in [4.69, 9.17) is 9.47 Å². The van der Waals surface area contributed by atoms with Crippen molar-refractivity contribution in [1.29, 1.82) is 0 Å². The second kappa shape index (κ2) is 8.59. The van der Waals surface area contributed by atoms with Crippen molar-refractivity contribution in [2.24, 2.45) is 0 Å². The molecule has 27 heavy (non-hydrogen) atoms. The smallest absolute Gasteiger partial charge is 0.0642 e. The van der Waals surface area contributed by atoms with Gasteiger partial charge in [0.25, 0.3) is 0 Å². The van der Waals surface area contributed by atoms with Gasteiger partial charge in [-0.3, -0.25) is 0 Å². The number of ether oxygens (including phenoxy) is 2. The van der Waals surface area contributed by atoms with Gasteiger partial charge in [0.05, 0.1) is 26.4 Å². The first-order valence-electron chi connectivity index (χ1n) is 9.88. The minimum Gasteiger partial charge on any atom is -0.378 e. The van der Waals surface area contributed by atoms with Crippen molar-refractivity contribution in [2.45, 2.75) is 6.92 Å². The minimum absolute atomic E-state index is 0.817. The van der Waals surface area contributed by atoms with Crippen LogP contribution in [0.15, 0.2) is 54.6 Å². The summed E-state index contributed by atoms with van der Waals surface area (Å²) in [5.74, 6) is 0. The van der Waals surface area contributed by atoms with E-state index in [1.54, 1.807) is 0 Å². The monoisotopic (exact) mass is 364 g/mol. The number of hydrogen-bond acceptors (Lipinski definition) is 4. The van der Waals surface area contributed by atoms with E-state index in [2.05, 4.69) is 71.3 Å². The Morgan fingerprint density at radius 2 is 1.04 bits per heavy atom. The van der Waals surface area contributed by atoms with Gasteiger partial charge in [0.2, 0.25) is 0 Å². The molecule has 2 aliphatic heterocycles. The van der Waals surface area contributed by atoms with Crippen molar-refractivity contribution in [1.82, 2.24) is 0 Å². The molecule has 0 spiro atoms. The molecule has 0 radical (unpaired) electrons. The van der Waals surface area contributed by atoms with Gasteiger partial charge < -0.3 is 19.3 Å². The third kappa shape index (κ3) is 4.18. The Hall–Kier alpha value is -2.30. The summed E-state index contributed by atoms with van der Waals surface area (Å²) in [7, 11) is 0. The van der Waals surface area contributed by atoms with Gasteiger partial charge in [0.15, 0.2) is 0 Å². The molecule has 4 nitrogen and oxygen atoms in total. The predicted molar refractivity (Wildman–Crippen MR) is 112 cm³/mol. The SMILES string of the molecule is CC=C(c1ccc(N2CCOCC2)cc1)c1ccc(N2CCOCC2)cc1. The Morgan fingerprint density at radius 1 is 0.667 bits per heavy atom. The van der Waals surface area contributed by atoms with Crippen LogP contribution in [0.3, 0.4) is 0 Å². The molecular weight excluding hydrogens is 336 g/mol. The van der Waals surface area contributed by atoms with Crippen molar-refractivity contribution in [3.8, 4) is 0 Å². The molecule has 0 unspecified atom stereocenters. The predicted octanol–water partition coefficient (Wildman–Crippen LogP) is 3.81. The van der Waals surface area contributed by atoms with Gasteiger partial charge in [0, 0.05) is 37.6 Å². The lowest BCUT2D eigenvalue weighted by Crippen LogP contribution is -2.36. The zero-order valence-electron chi connectivity index (χ0n) is 16.1. The van der Waals surface area contributed by atoms with Gasteiger partial charge in [-0.15, -0.1) is 0 Å². The molecule has 0 atom stereocenters. The Bertz CT molecular complexity index is 692. The van der Waals surface area contributed by atoms with Crippen molar-refractivity contribution < 1.29 is 9.47 Å². The summed E-state index contributed by atoms with van der Waals surface area (Å²) >= 11 is 0. The van der Waals surface area contributed by atoms with E-state index in [9.17, 15) is 0 Å². The molecule has 2 aromatic rings. The van der Waals surface area contributed by atoms with E-state index in [0.29, 0.717) is 0 Å². The Balaban J connectivity index is 1.49. The van der Waals surface area contributed by atoms with E-state index < -0.39 is 0 Å². The molecule has 0 aliphatic carbocycles. The van der Waals surface area contributed by atoms with Crippen LogP contribution in [0.25, 0.3) is 5.57 Å². The Kier molecular flexibility index (Phi) is 5.75. The summed E-state index contributed by atoms with van der Waals surface area (Å²) in [6.45, 7) is 9.26. The zero-order chi connectivity index (χ0) is 18.5. The fourth-order valence-corrected chi connectivity index (χ4v) is 3.85. The van der Waals surface area contributed by atoms with E-state index in [1.807, 2.05) is 0 Å². The van der Waals surface area contributed by atoms with Crippen LogP contribution >= 0.6 is 0 Å². The molecule has 4 rings (SSSR count). The Morgan fingerprint density at radius 3 is 1.37 bits per heavy atom. The lowest BCUT2D eigenvalue weighted by Gasteiger charge is -2.29. The normalized spacial score (nSPS) is 17.7. The van der Waals surface area contributed by atoms with Crippen molar-refractivity contribution in [2.75, 3.05) is 62.4 Å². The zero-order valence-corrected chi connectivity index (χ0v) is 16.1. The quantitative estimate of drug-likeness (QED) is 0.824. The highest BCUT2D eigenvalue weighted by molar-refractivity contribution is 5.81. The average molecular weight is 364 g/mol. The van der Waals surface area contributed by atoms with Crippen LogP contribution in [-0.4, -0.2) is 52.6 Å². The summed E-state index contributed by atoms with van der Waals surface area (Å²) in [4.78, 5) is 4.78. The fourth-order valence-electron chi connectivity index (χ4n) is 3.85. The van der Waals surface area contributed by atoms with Crippen molar-refractivity contribution in [3.63, 3.8) is 0 Å². The molecule has 4 heteroatoms. The van der Waals surface area contributed by atoms with Gasteiger partial charge in [0.1, 0.15) is 0 Å². The number of morpholine rings is 2. The molecule has 0 bridgehead atoms. The maximum atomic E-state index is 5.45. The minimum atomic E-state index is 0.817. The van der Waals surface area contributed by atoms with E-state index in [0.717, 1.165) is 52.6 Å². The number of nitrogens with zero attached hydrogens (tertiary/aromatic N) is 2. The van der Waals surface area contributed by atoms with Crippen LogP contribution in [0.2, 0.25) is 0 Å². The average Bonchev–Trinajstić information content (AvgIpc) is 2.76. The van der Waals surface area contributed by atoms with Gasteiger partial charge in [-0.2, -0.15) is 0 Å². The summed E-state index contributed by atoms with van der Waals surface area (Å²) < 4.78 is 10.9. The van der Waals surface area contributed by atoms with Gasteiger partial charge in [-0.05, 0) is 47.9 Å². The van der Waals surface area contributed by atoms with Crippen LogP contribution in [0.5, 0.6) is 0 Å². The summed E-state index contributed by atoms with van der Waals surface area (Å²) in [5, 5.41) is 0. The van der Waals surface area contributed by atoms with Crippen LogP contribution in [0, 0.1) is 0 Å². The van der Waals surface area contributed by atoms with Crippen LogP contribution in [0.1, 0.15) is 18.1 Å². The summed E-state index contributed by atoms with van der Waals surface area (Å²) in [6, 6.07) is 17.8. The maximum Gasteiger partial charge on any atom is 0.0642 e. The van der Waals surface area contributed by atoms with Gasteiger partial charge >= 0.3 is 0 Å². The van der Waals surface area contributed by atoms with Gasteiger partial charge in [-0.25, -0.2) is 0 Å². The molecule has 2 aromatic carbocycles. The summed E-state index contributed by atoms with van der Waals surface area (Å²) in [6.07, 6.45) is 2.20. The number of benzene rings is 2. The molecule has 0 N–H and O–H groups in total. The van der Waals surface area contributed by atoms with E-state index in [-0.39, 0.29) is 0 Å². The first kappa shape index (κ1) is 18.1. The van der Waals surface area contributed by atoms with Crippen LogP contribution in [0.4, 0.5) is 11.4 Å².